The molecule has 0 aliphatic heterocycles. The predicted octanol–water partition coefficient (Wildman–Crippen LogP) is 4.21. The molecule has 0 unspecified atom stereocenters. The van der Waals surface area contributed by atoms with Crippen LogP contribution in [0.25, 0.3) is 21.8 Å². The van der Waals surface area contributed by atoms with Crippen LogP contribution in [-0.4, -0.2) is 27.3 Å². The van der Waals surface area contributed by atoms with Crippen LogP contribution in [0.5, 0.6) is 5.75 Å². The number of ether oxygens (including phenoxy) is 1. The number of anilines is 1. The Hall–Kier alpha value is -2.93. The van der Waals surface area contributed by atoms with Crippen molar-refractivity contribution in [2.75, 3.05) is 11.9 Å². The first-order valence-electron chi connectivity index (χ1n) is 8.42. The summed E-state index contributed by atoms with van der Waals surface area (Å²) < 4.78 is 8.25. The van der Waals surface area contributed by atoms with Gasteiger partial charge in [-0.3, -0.25) is 9.48 Å². The van der Waals surface area contributed by atoms with Crippen molar-refractivity contribution in [2.24, 2.45) is 7.05 Å². The van der Waals surface area contributed by atoms with Crippen LogP contribution >= 0.6 is 15.9 Å². The number of rotatable bonds is 4. The summed E-state index contributed by atoms with van der Waals surface area (Å²) in [6.45, 7) is 1.82. The van der Waals surface area contributed by atoms with E-state index in [0.717, 1.165) is 32.0 Å². The fourth-order valence-corrected chi connectivity index (χ4v) is 3.65. The molecule has 6 nitrogen and oxygen atoms in total. The van der Waals surface area contributed by atoms with E-state index in [-0.39, 0.29) is 12.5 Å². The highest BCUT2D eigenvalue weighted by Gasteiger charge is 2.11. The molecule has 27 heavy (non-hydrogen) atoms. The highest BCUT2D eigenvalue weighted by Crippen LogP contribution is 2.33. The van der Waals surface area contributed by atoms with Gasteiger partial charge in [-0.15, -0.1) is 0 Å². The molecule has 1 amide bonds. The molecule has 0 saturated carbocycles. The van der Waals surface area contributed by atoms with E-state index in [1.807, 2.05) is 56.4 Å². The van der Waals surface area contributed by atoms with E-state index in [1.54, 1.807) is 10.9 Å². The monoisotopic (exact) mass is 424 g/mol. The Labute approximate surface area is 164 Å². The van der Waals surface area contributed by atoms with Gasteiger partial charge in [-0.05, 0) is 45.8 Å². The lowest BCUT2D eigenvalue weighted by Gasteiger charge is -2.11. The van der Waals surface area contributed by atoms with Crippen molar-refractivity contribution in [3.63, 3.8) is 0 Å². The standard InChI is InChI=1S/C20H17BrN4O2/c1-12-16-9-14(10-22-20(16)25(2)24-12)23-18(26)11-27-17-8-7-13-5-3-4-6-15(13)19(17)21/h3-10H,11H2,1-2H3,(H,23,26). The van der Waals surface area contributed by atoms with Crippen molar-refractivity contribution in [2.45, 2.75) is 6.92 Å². The Morgan fingerprint density at radius 1 is 1.22 bits per heavy atom. The summed E-state index contributed by atoms with van der Waals surface area (Å²) in [6, 6.07) is 13.7. The van der Waals surface area contributed by atoms with Gasteiger partial charge in [-0.1, -0.05) is 30.3 Å². The second-order valence-electron chi connectivity index (χ2n) is 6.24. The second-order valence-corrected chi connectivity index (χ2v) is 7.03. The zero-order valence-corrected chi connectivity index (χ0v) is 16.4. The van der Waals surface area contributed by atoms with Gasteiger partial charge in [0.15, 0.2) is 12.3 Å². The molecule has 136 valence electrons. The number of fused-ring (bicyclic) bond motifs is 2. The number of nitrogens with zero attached hydrogens (tertiary/aromatic N) is 3. The Balaban J connectivity index is 1.47. The second kappa shape index (κ2) is 7.00. The first kappa shape index (κ1) is 17.5. The lowest BCUT2D eigenvalue weighted by Crippen LogP contribution is -2.20. The molecule has 0 spiro atoms. The predicted molar refractivity (Wildman–Crippen MR) is 109 cm³/mol. The van der Waals surface area contributed by atoms with Crippen LogP contribution < -0.4 is 10.1 Å². The summed E-state index contributed by atoms with van der Waals surface area (Å²) >= 11 is 3.56. The summed E-state index contributed by atoms with van der Waals surface area (Å²) in [5.41, 5.74) is 2.26. The maximum absolute atomic E-state index is 12.3. The number of pyridine rings is 1. The average molecular weight is 425 g/mol. The van der Waals surface area contributed by atoms with E-state index in [9.17, 15) is 4.79 Å². The van der Waals surface area contributed by atoms with Crippen LogP contribution in [0.15, 0.2) is 53.1 Å². The number of aromatic nitrogens is 3. The van der Waals surface area contributed by atoms with Crippen molar-refractivity contribution in [1.82, 2.24) is 14.8 Å². The summed E-state index contributed by atoms with van der Waals surface area (Å²) in [5.74, 6) is 0.373. The molecule has 0 atom stereocenters. The number of halogens is 1. The van der Waals surface area contributed by atoms with E-state index in [4.69, 9.17) is 4.74 Å². The van der Waals surface area contributed by atoms with Gasteiger partial charge in [-0.25, -0.2) is 4.98 Å². The quantitative estimate of drug-likeness (QED) is 0.532. The molecule has 2 aromatic carbocycles. The number of carbonyl (C=O) groups excluding carboxylic acids is 1. The van der Waals surface area contributed by atoms with Crippen molar-refractivity contribution >= 4 is 49.3 Å². The summed E-state index contributed by atoms with van der Waals surface area (Å²) in [7, 11) is 1.84. The normalized spacial score (nSPS) is 11.1. The molecule has 7 heteroatoms. The van der Waals surface area contributed by atoms with Gasteiger partial charge in [0.1, 0.15) is 5.75 Å². The zero-order valence-electron chi connectivity index (χ0n) is 14.9. The number of hydrogen-bond donors (Lipinski definition) is 1. The van der Waals surface area contributed by atoms with Crippen molar-refractivity contribution in [3.8, 4) is 5.75 Å². The topological polar surface area (TPSA) is 69.0 Å². The number of benzene rings is 2. The molecule has 4 rings (SSSR count). The number of nitrogens with one attached hydrogen (secondary N) is 1. The lowest BCUT2D eigenvalue weighted by atomic mass is 10.1. The minimum atomic E-state index is -0.252. The molecule has 0 radical (unpaired) electrons. The van der Waals surface area contributed by atoms with E-state index < -0.39 is 0 Å². The molecule has 2 aromatic heterocycles. The van der Waals surface area contributed by atoms with Crippen molar-refractivity contribution in [1.29, 1.82) is 0 Å². The molecule has 4 aromatic rings. The van der Waals surface area contributed by atoms with Crippen molar-refractivity contribution in [3.05, 3.63) is 58.8 Å². The molecule has 0 fully saturated rings. The first-order chi connectivity index (χ1) is 13.0. The summed E-state index contributed by atoms with van der Waals surface area (Å²) in [5, 5.41) is 10.2. The number of carbonyl (C=O) groups is 1. The zero-order chi connectivity index (χ0) is 19.0. The third kappa shape index (κ3) is 3.38. The van der Waals surface area contributed by atoms with Crippen LogP contribution in [0.2, 0.25) is 0 Å². The molecule has 0 saturated heterocycles. The van der Waals surface area contributed by atoms with E-state index in [2.05, 4.69) is 31.3 Å². The molecule has 1 N–H and O–H groups in total. The maximum atomic E-state index is 12.3. The van der Waals surface area contributed by atoms with E-state index >= 15 is 0 Å². The average Bonchev–Trinajstić information content (AvgIpc) is 2.95. The van der Waals surface area contributed by atoms with Gasteiger partial charge < -0.3 is 10.1 Å². The van der Waals surface area contributed by atoms with Gasteiger partial charge in [0.2, 0.25) is 0 Å². The highest BCUT2D eigenvalue weighted by atomic mass is 79.9. The maximum Gasteiger partial charge on any atom is 0.262 e. The fraction of sp³-hybridized carbons (Fsp3) is 0.150. The molecule has 0 bridgehead atoms. The molecule has 0 aliphatic rings. The molecular weight excluding hydrogens is 408 g/mol. The first-order valence-corrected chi connectivity index (χ1v) is 9.21. The highest BCUT2D eigenvalue weighted by molar-refractivity contribution is 9.10. The lowest BCUT2D eigenvalue weighted by molar-refractivity contribution is -0.118. The smallest absolute Gasteiger partial charge is 0.262 e. The van der Waals surface area contributed by atoms with Crippen LogP contribution in [0.3, 0.4) is 0 Å². The van der Waals surface area contributed by atoms with Gasteiger partial charge >= 0.3 is 0 Å². The van der Waals surface area contributed by atoms with Crippen LogP contribution in [0, 0.1) is 6.92 Å². The Kier molecular flexibility index (Phi) is 4.53. The Morgan fingerprint density at radius 3 is 2.89 bits per heavy atom. The summed E-state index contributed by atoms with van der Waals surface area (Å²) in [6.07, 6.45) is 1.62. The Morgan fingerprint density at radius 2 is 2.04 bits per heavy atom. The third-order valence-corrected chi connectivity index (χ3v) is 5.15. The minimum Gasteiger partial charge on any atom is -0.483 e. The largest absolute Gasteiger partial charge is 0.483 e. The van der Waals surface area contributed by atoms with Crippen LogP contribution in [0.1, 0.15) is 5.69 Å². The third-order valence-electron chi connectivity index (χ3n) is 4.33. The Bertz CT molecular complexity index is 1170. The van der Waals surface area contributed by atoms with Crippen LogP contribution in [-0.2, 0) is 11.8 Å². The SMILES string of the molecule is Cc1nn(C)c2ncc(NC(=O)COc3ccc4ccccc4c3Br)cc12. The number of aryl methyl sites for hydroxylation is 2. The van der Waals surface area contributed by atoms with Gasteiger partial charge in [0.05, 0.1) is 22.1 Å². The van der Waals surface area contributed by atoms with Gasteiger partial charge in [0.25, 0.3) is 5.91 Å². The van der Waals surface area contributed by atoms with E-state index in [0.29, 0.717) is 11.4 Å². The number of amides is 1. The minimum absolute atomic E-state index is 0.0962. The summed E-state index contributed by atoms with van der Waals surface area (Å²) in [4.78, 5) is 16.6. The number of hydrogen-bond acceptors (Lipinski definition) is 4. The molecule has 2 heterocycles. The molecular formula is C20H17BrN4O2. The molecule has 0 aliphatic carbocycles. The van der Waals surface area contributed by atoms with Crippen molar-refractivity contribution < 1.29 is 9.53 Å². The van der Waals surface area contributed by atoms with Gasteiger partial charge in [-0.2, -0.15) is 5.10 Å². The fourth-order valence-electron chi connectivity index (χ4n) is 3.04. The van der Waals surface area contributed by atoms with Crippen LogP contribution in [0.4, 0.5) is 5.69 Å². The van der Waals surface area contributed by atoms with E-state index in [1.165, 1.54) is 0 Å². The van der Waals surface area contributed by atoms with Gasteiger partial charge in [0, 0.05) is 12.4 Å².